The number of hydrogen-bond acceptors (Lipinski definition) is 4. The number of halogens is 1. The number of rotatable bonds is 11. The maximum absolute atomic E-state index is 11.9. The highest BCUT2D eigenvalue weighted by molar-refractivity contribution is 5.95. The second-order valence-electron chi connectivity index (χ2n) is 5.50. The van der Waals surface area contributed by atoms with E-state index in [4.69, 9.17) is 4.74 Å². The summed E-state index contributed by atoms with van der Waals surface area (Å²) in [6.45, 7) is 5.74. The first-order chi connectivity index (χ1) is 11.2. The van der Waals surface area contributed by atoms with Crippen molar-refractivity contribution in [3.63, 3.8) is 0 Å². The Hall–Kier alpha value is -1.59. The molecule has 0 unspecified atom stereocenters. The third-order valence-electron chi connectivity index (χ3n) is 3.36. The van der Waals surface area contributed by atoms with Crippen LogP contribution in [0.3, 0.4) is 0 Å². The highest BCUT2D eigenvalue weighted by Gasteiger charge is 2.09. The Labute approximate surface area is 151 Å². The lowest BCUT2D eigenvalue weighted by molar-refractivity contribution is -0.115. The quantitative estimate of drug-likeness (QED) is 0.467. The van der Waals surface area contributed by atoms with Gasteiger partial charge in [-0.05, 0) is 37.6 Å². The number of esters is 1. The molecule has 0 aromatic heterocycles. The average molecular weight is 357 g/mol. The predicted octanol–water partition coefficient (Wildman–Crippen LogP) is 3.78. The third-order valence-corrected chi connectivity index (χ3v) is 3.36. The topological polar surface area (TPSA) is 67.4 Å². The van der Waals surface area contributed by atoms with Crippen molar-refractivity contribution in [2.24, 2.45) is 0 Å². The molecule has 0 bridgehead atoms. The number of hydrogen-bond donors (Lipinski definition) is 2. The van der Waals surface area contributed by atoms with Gasteiger partial charge in [-0.15, -0.1) is 12.4 Å². The van der Waals surface area contributed by atoms with E-state index in [0.717, 1.165) is 38.6 Å². The molecule has 0 saturated heterocycles. The molecule has 0 heterocycles. The van der Waals surface area contributed by atoms with Crippen LogP contribution in [0.15, 0.2) is 24.3 Å². The first-order valence-corrected chi connectivity index (χ1v) is 8.45. The lowest BCUT2D eigenvalue weighted by Crippen LogP contribution is -2.28. The molecule has 0 radical (unpaired) electrons. The zero-order valence-corrected chi connectivity index (χ0v) is 15.4. The van der Waals surface area contributed by atoms with Crippen LogP contribution in [0, 0.1) is 0 Å². The normalized spacial score (nSPS) is 9.92. The number of carbonyl (C=O) groups is 2. The summed E-state index contributed by atoms with van der Waals surface area (Å²) in [6.07, 6.45) is 5.16. The number of benzene rings is 1. The van der Waals surface area contributed by atoms with Gasteiger partial charge in [0.25, 0.3) is 0 Å². The van der Waals surface area contributed by atoms with Crippen LogP contribution in [-0.4, -0.2) is 31.6 Å². The van der Waals surface area contributed by atoms with Crippen LogP contribution in [0.5, 0.6) is 0 Å². The van der Waals surface area contributed by atoms with Crippen LogP contribution < -0.4 is 10.6 Å². The van der Waals surface area contributed by atoms with Gasteiger partial charge in [0.05, 0.1) is 18.7 Å². The van der Waals surface area contributed by atoms with Crippen LogP contribution in [0.4, 0.5) is 5.69 Å². The molecule has 1 aromatic rings. The molecule has 136 valence electrons. The SMILES string of the molecule is CCCCCOC(=O)c1cccc(NC(=O)CNCCCC)c1.Cl. The van der Waals surface area contributed by atoms with Gasteiger partial charge in [0.15, 0.2) is 0 Å². The number of nitrogens with one attached hydrogen (secondary N) is 2. The van der Waals surface area contributed by atoms with E-state index in [9.17, 15) is 9.59 Å². The van der Waals surface area contributed by atoms with Crippen LogP contribution >= 0.6 is 12.4 Å². The van der Waals surface area contributed by atoms with Crippen molar-refractivity contribution in [3.8, 4) is 0 Å². The highest BCUT2D eigenvalue weighted by Crippen LogP contribution is 2.12. The second-order valence-corrected chi connectivity index (χ2v) is 5.50. The monoisotopic (exact) mass is 356 g/mol. The maximum atomic E-state index is 11.9. The van der Waals surface area contributed by atoms with Crippen molar-refractivity contribution >= 4 is 30.0 Å². The van der Waals surface area contributed by atoms with Gasteiger partial charge in [-0.1, -0.05) is 39.2 Å². The smallest absolute Gasteiger partial charge is 0.338 e. The second kappa shape index (κ2) is 13.8. The molecule has 0 fully saturated rings. The van der Waals surface area contributed by atoms with Crippen molar-refractivity contribution in [1.29, 1.82) is 0 Å². The molecule has 1 aromatic carbocycles. The molecule has 0 atom stereocenters. The minimum Gasteiger partial charge on any atom is -0.462 e. The Kier molecular flexibility index (Phi) is 12.9. The first-order valence-electron chi connectivity index (χ1n) is 8.45. The number of anilines is 1. The van der Waals surface area contributed by atoms with Crippen LogP contribution in [-0.2, 0) is 9.53 Å². The number of amides is 1. The largest absolute Gasteiger partial charge is 0.462 e. The molecule has 2 N–H and O–H groups in total. The standard InChI is InChI=1S/C18H28N2O3.ClH/c1-3-5-7-12-23-18(22)15-9-8-10-16(13-15)20-17(21)14-19-11-6-4-2;/h8-10,13,19H,3-7,11-12,14H2,1-2H3,(H,20,21);1H. The summed E-state index contributed by atoms with van der Waals surface area (Å²) in [5.74, 6) is -0.465. The zero-order valence-electron chi connectivity index (χ0n) is 14.6. The summed E-state index contributed by atoms with van der Waals surface area (Å²) in [5.41, 5.74) is 1.06. The molecule has 1 amide bonds. The van der Waals surface area contributed by atoms with E-state index in [2.05, 4.69) is 24.5 Å². The van der Waals surface area contributed by atoms with Gasteiger partial charge in [0, 0.05) is 5.69 Å². The molecule has 24 heavy (non-hydrogen) atoms. The number of carbonyl (C=O) groups excluding carboxylic acids is 2. The Bertz CT molecular complexity index is 495. The van der Waals surface area contributed by atoms with Crippen LogP contribution in [0.1, 0.15) is 56.3 Å². The van der Waals surface area contributed by atoms with Crippen molar-refractivity contribution in [3.05, 3.63) is 29.8 Å². The Morgan fingerprint density at radius 1 is 1.08 bits per heavy atom. The van der Waals surface area contributed by atoms with E-state index < -0.39 is 0 Å². The molecular weight excluding hydrogens is 328 g/mol. The van der Waals surface area contributed by atoms with Crippen molar-refractivity contribution in [2.45, 2.75) is 46.0 Å². The van der Waals surface area contributed by atoms with Gasteiger partial charge < -0.3 is 15.4 Å². The van der Waals surface area contributed by atoms with Gasteiger partial charge in [0.1, 0.15) is 0 Å². The maximum Gasteiger partial charge on any atom is 0.338 e. The summed E-state index contributed by atoms with van der Waals surface area (Å²) in [7, 11) is 0. The van der Waals surface area contributed by atoms with Gasteiger partial charge in [-0.2, -0.15) is 0 Å². The summed E-state index contributed by atoms with van der Waals surface area (Å²) < 4.78 is 5.22. The molecule has 1 rings (SSSR count). The van der Waals surface area contributed by atoms with E-state index >= 15 is 0 Å². The Balaban J connectivity index is 0.00000529. The molecular formula is C18H29ClN2O3. The summed E-state index contributed by atoms with van der Waals surface area (Å²) in [4.78, 5) is 23.8. The molecule has 0 aliphatic carbocycles. The lowest BCUT2D eigenvalue weighted by atomic mass is 10.2. The van der Waals surface area contributed by atoms with Crippen LogP contribution in [0.25, 0.3) is 0 Å². The summed E-state index contributed by atoms with van der Waals surface area (Å²) >= 11 is 0. The van der Waals surface area contributed by atoms with Gasteiger partial charge >= 0.3 is 5.97 Å². The Morgan fingerprint density at radius 2 is 1.83 bits per heavy atom. The van der Waals surface area contributed by atoms with Crippen molar-refractivity contribution in [1.82, 2.24) is 5.32 Å². The minimum absolute atomic E-state index is 0. The fraction of sp³-hybridized carbons (Fsp3) is 0.556. The van der Waals surface area contributed by atoms with Crippen LogP contribution in [0.2, 0.25) is 0 Å². The molecule has 0 aliphatic rings. The van der Waals surface area contributed by atoms with E-state index in [0.29, 0.717) is 17.9 Å². The van der Waals surface area contributed by atoms with Gasteiger partial charge in [-0.3, -0.25) is 4.79 Å². The average Bonchev–Trinajstić information content (AvgIpc) is 2.55. The van der Waals surface area contributed by atoms with E-state index in [1.165, 1.54) is 0 Å². The zero-order chi connectivity index (χ0) is 16.9. The summed E-state index contributed by atoms with van der Waals surface area (Å²) in [5, 5.41) is 5.86. The predicted molar refractivity (Wildman–Crippen MR) is 99.9 cm³/mol. The molecule has 6 heteroatoms. The minimum atomic E-state index is -0.349. The van der Waals surface area contributed by atoms with Gasteiger partial charge in [0.2, 0.25) is 5.91 Å². The lowest BCUT2D eigenvalue weighted by Gasteiger charge is -2.08. The third kappa shape index (κ3) is 9.53. The van der Waals surface area contributed by atoms with Crippen molar-refractivity contribution in [2.75, 3.05) is 25.0 Å². The highest BCUT2D eigenvalue weighted by atomic mass is 35.5. The molecule has 0 saturated carbocycles. The van der Waals surface area contributed by atoms with E-state index in [1.807, 2.05) is 0 Å². The Morgan fingerprint density at radius 3 is 2.54 bits per heavy atom. The van der Waals surface area contributed by atoms with E-state index in [1.54, 1.807) is 24.3 Å². The molecule has 0 spiro atoms. The van der Waals surface area contributed by atoms with Crippen molar-refractivity contribution < 1.29 is 14.3 Å². The molecule has 5 nitrogen and oxygen atoms in total. The molecule has 0 aliphatic heterocycles. The summed E-state index contributed by atoms with van der Waals surface area (Å²) in [6, 6.07) is 6.84. The number of unbranched alkanes of at least 4 members (excludes halogenated alkanes) is 3. The van der Waals surface area contributed by atoms with E-state index in [-0.39, 0.29) is 30.8 Å². The van der Waals surface area contributed by atoms with Gasteiger partial charge in [-0.25, -0.2) is 4.79 Å². The fourth-order valence-corrected chi connectivity index (χ4v) is 2.03. The fourth-order valence-electron chi connectivity index (χ4n) is 2.03. The first kappa shape index (κ1) is 22.4. The number of ether oxygens (including phenoxy) is 1.